The van der Waals surface area contributed by atoms with Crippen LogP contribution in [-0.4, -0.2) is 29.4 Å². The Bertz CT molecular complexity index is 442. The van der Waals surface area contributed by atoms with E-state index in [4.69, 9.17) is 0 Å². The molecule has 30 heavy (non-hydrogen) atoms. The second kappa shape index (κ2) is 23.7. The molecule has 0 aliphatic rings. The summed E-state index contributed by atoms with van der Waals surface area (Å²) in [5, 5.41) is 9.02. The van der Waals surface area contributed by atoms with E-state index in [-0.39, 0.29) is 57.5 Å². The van der Waals surface area contributed by atoms with Gasteiger partial charge in [-0.25, -0.2) is 8.42 Å². The van der Waals surface area contributed by atoms with Crippen LogP contribution >= 0.6 is 0 Å². The van der Waals surface area contributed by atoms with Gasteiger partial charge in [-0.15, -0.1) is 0 Å². The number of aliphatic hydroxyl groups is 1. The molecule has 0 aromatic rings. The average molecular weight is 473 g/mol. The minimum absolute atomic E-state index is 0. The zero-order valence-corrected chi connectivity index (χ0v) is 24.3. The van der Waals surface area contributed by atoms with E-state index in [2.05, 4.69) is 13.8 Å². The Morgan fingerprint density at radius 2 is 0.967 bits per heavy atom. The Kier molecular flexibility index (Phi) is 26.6. The molecule has 0 aromatic heterocycles. The van der Waals surface area contributed by atoms with Crippen LogP contribution in [0, 0.1) is 0 Å². The van der Waals surface area contributed by atoms with Gasteiger partial charge in [-0.3, -0.25) is 0 Å². The topological polar surface area (TPSA) is 77.4 Å². The van der Waals surface area contributed by atoms with Crippen LogP contribution in [-0.2, 0) is 10.1 Å². The molecule has 0 bridgehead atoms. The second-order valence-corrected chi connectivity index (χ2v) is 10.5. The summed E-state index contributed by atoms with van der Waals surface area (Å²) in [6.07, 6.45) is 20.8. The number of hydrogen-bond acceptors (Lipinski definition) is 4. The molecule has 0 fully saturated rings. The van der Waals surface area contributed by atoms with E-state index < -0.39 is 15.4 Å². The van der Waals surface area contributed by atoms with Crippen molar-refractivity contribution in [2.45, 2.75) is 154 Å². The number of aliphatic hydroxyl groups excluding tert-OH is 1. The van der Waals surface area contributed by atoms with Crippen molar-refractivity contribution in [2.24, 2.45) is 0 Å². The summed E-state index contributed by atoms with van der Waals surface area (Å²) in [7, 11) is -4.17. The van der Waals surface area contributed by atoms with Crippen LogP contribution in [0.3, 0.4) is 0 Å². The van der Waals surface area contributed by atoms with E-state index in [0.717, 1.165) is 77.0 Å². The maximum absolute atomic E-state index is 11.5. The van der Waals surface area contributed by atoms with Crippen LogP contribution in [0.15, 0.2) is 0 Å². The summed E-state index contributed by atoms with van der Waals surface area (Å²) < 4.78 is 34.6. The molecule has 1 N–H and O–H groups in total. The third kappa shape index (κ3) is 22.7. The Hall–Kier alpha value is 1.51. The number of rotatable bonds is 22. The SMILES string of the molecule is CCCCCCCCCCCC(CCCCCCCCC(O)CCC)S(=O)(=O)[O-].[K+]. The fourth-order valence-corrected chi connectivity index (χ4v) is 4.96. The van der Waals surface area contributed by atoms with E-state index in [0.29, 0.717) is 12.8 Å². The van der Waals surface area contributed by atoms with Gasteiger partial charge in [0.25, 0.3) is 0 Å². The molecule has 0 heterocycles. The zero-order chi connectivity index (χ0) is 21.8. The monoisotopic (exact) mass is 472 g/mol. The van der Waals surface area contributed by atoms with Gasteiger partial charge >= 0.3 is 51.4 Å². The van der Waals surface area contributed by atoms with Gasteiger partial charge in [-0.2, -0.15) is 0 Å². The molecule has 0 saturated heterocycles. The Labute approximate surface area is 230 Å². The van der Waals surface area contributed by atoms with Gasteiger partial charge in [0, 0.05) is 5.25 Å². The average Bonchev–Trinajstić information content (AvgIpc) is 2.66. The molecule has 0 aliphatic carbocycles. The van der Waals surface area contributed by atoms with Crippen LogP contribution in [0.5, 0.6) is 0 Å². The van der Waals surface area contributed by atoms with E-state index >= 15 is 0 Å². The van der Waals surface area contributed by atoms with Gasteiger partial charge < -0.3 is 9.66 Å². The van der Waals surface area contributed by atoms with Crippen molar-refractivity contribution in [2.75, 3.05) is 0 Å². The minimum Gasteiger partial charge on any atom is -0.748 e. The summed E-state index contributed by atoms with van der Waals surface area (Å²) in [4.78, 5) is 0. The minimum atomic E-state index is -4.17. The molecule has 6 heteroatoms. The van der Waals surface area contributed by atoms with Gasteiger partial charge in [-0.05, 0) is 25.7 Å². The molecule has 0 saturated carbocycles. The molecular weight excluding hydrogens is 423 g/mol. The molecule has 0 rings (SSSR count). The number of hydrogen-bond donors (Lipinski definition) is 1. The van der Waals surface area contributed by atoms with Crippen molar-refractivity contribution >= 4 is 10.1 Å². The first-order valence-corrected chi connectivity index (χ1v) is 14.0. The molecule has 2 atom stereocenters. The summed E-state index contributed by atoms with van der Waals surface area (Å²) >= 11 is 0. The molecule has 0 amide bonds. The van der Waals surface area contributed by atoms with Crippen molar-refractivity contribution in [1.82, 2.24) is 0 Å². The third-order valence-electron chi connectivity index (χ3n) is 5.97. The van der Waals surface area contributed by atoms with Crippen molar-refractivity contribution < 1.29 is 69.5 Å². The van der Waals surface area contributed by atoms with E-state index in [1.54, 1.807) is 0 Å². The first-order valence-electron chi connectivity index (χ1n) is 12.5. The standard InChI is InChI=1S/C24H50O4S.K/c1-3-5-6-7-8-9-10-14-17-21-24(29(26,27)28)22-18-15-12-11-13-16-20-23(25)19-4-2;/h23-25H,3-22H2,1-2H3,(H,26,27,28);/q;+1/p-1. The van der Waals surface area contributed by atoms with Gasteiger partial charge in [0.1, 0.15) is 0 Å². The Balaban J connectivity index is 0. The second-order valence-electron chi connectivity index (χ2n) is 8.87. The maximum atomic E-state index is 11.5. The third-order valence-corrected chi connectivity index (χ3v) is 7.26. The van der Waals surface area contributed by atoms with Crippen molar-refractivity contribution in [1.29, 1.82) is 0 Å². The number of unbranched alkanes of at least 4 members (excludes halogenated alkanes) is 13. The quantitative estimate of drug-likeness (QED) is 0.146. The fourth-order valence-electron chi connectivity index (χ4n) is 4.05. The smallest absolute Gasteiger partial charge is 0.748 e. The molecule has 0 radical (unpaired) electrons. The van der Waals surface area contributed by atoms with Crippen molar-refractivity contribution in [3.8, 4) is 0 Å². The Morgan fingerprint density at radius 3 is 1.33 bits per heavy atom. The van der Waals surface area contributed by atoms with Gasteiger partial charge in [0.15, 0.2) is 0 Å². The van der Waals surface area contributed by atoms with Gasteiger partial charge in [0.2, 0.25) is 0 Å². The first kappa shape index (κ1) is 33.7. The van der Waals surface area contributed by atoms with Crippen LogP contribution in [0.4, 0.5) is 0 Å². The maximum Gasteiger partial charge on any atom is 1.00 e. The van der Waals surface area contributed by atoms with E-state index in [1.165, 1.54) is 38.5 Å². The molecule has 0 aliphatic heterocycles. The van der Waals surface area contributed by atoms with Crippen molar-refractivity contribution in [3.05, 3.63) is 0 Å². The van der Waals surface area contributed by atoms with Crippen LogP contribution < -0.4 is 51.4 Å². The van der Waals surface area contributed by atoms with Crippen LogP contribution in [0.25, 0.3) is 0 Å². The molecule has 0 aromatic carbocycles. The van der Waals surface area contributed by atoms with E-state index in [9.17, 15) is 18.1 Å². The molecule has 176 valence electrons. The Morgan fingerprint density at radius 1 is 0.600 bits per heavy atom. The van der Waals surface area contributed by atoms with Crippen LogP contribution in [0.1, 0.15) is 142 Å². The van der Waals surface area contributed by atoms with E-state index in [1.807, 2.05) is 0 Å². The normalized spacial score (nSPS) is 13.7. The molecule has 0 spiro atoms. The van der Waals surface area contributed by atoms with Gasteiger partial charge in [-0.1, -0.05) is 117 Å². The zero-order valence-electron chi connectivity index (χ0n) is 20.4. The summed E-state index contributed by atoms with van der Waals surface area (Å²) in [5.74, 6) is 0. The van der Waals surface area contributed by atoms with Gasteiger partial charge in [0.05, 0.1) is 16.2 Å². The molecule has 4 nitrogen and oxygen atoms in total. The first-order chi connectivity index (χ1) is 13.9. The largest absolute Gasteiger partial charge is 1.00 e. The predicted octanol–water partition coefficient (Wildman–Crippen LogP) is 4.11. The summed E-state index contributed by atoms with van der Waals surface area (Å²) in [6, 6.07) is 0. The molecular formula is C24H49KO4S. The predicted molar refractivity (Wildman–Crippen MR) is 123 cm³/mol. The van der Waals surface area contributed by atoms with Crippen LogP contribution in [0.2, 0.25) is 0 Å². The molecule has 2 unspecified atom stereocenters. The summed E-state index contributed by atoms with van der Waals surface area (Å²) in [5.41, 5.74) is 0. The summed E-state index contributed by atoms with van der Waals surface area (Å²) in [6.45, 7) is 4.32. The van der Waals surface area contributed by atoms with Crippen molar-refractivity contribution in [3.63, 3.8) is 0 Å². The fraction of sp³-hybridized carbons (Fsp3) is 1.00.